The molecule has 23 heavy (non-hydrogen) atoms. The molecule has 3 heterocycles. The number of aromatic nitrogens is 5. The molecule has 122 valence electrons. The van der Waals surface area contributed by atoms with E-state index in [0.717, 1.165) is 16.2 Å². The molecule has 0 saturated carbocycles. The molecule has 9 heteroatoms. The Hall–Kier alpha value is -2.26. The first-order valence-electron chi connectivity index (χ1n) is 7.32. The normalized spacial score (nSPS) is 12.7. The summed E-state index contributed by atoms with van der Waals surface area (Å²) < 4.78 is 5.58. The third-order valence-corrected chi connectivity index (χ3v) is 4.43. The number of fused-ring (bicyclic) bond motifs is 1. The van der Waals surface area contributed by atoms with Gasteiger partial charge in [0, 0.05) is 19.0 Å². The lowest BCUT2D eigenvalue weighted by Gasteiger charge is -2.17. The number of aromatic amines is 1. The predicted molar refractivity (Wildman–Crippen MR) is 90.4 cm³/mol. The summed E-state index contributed by atoms with van der Waals surface area (Å²) in [5, 5.41) is 3.01. The first-order chi connectivity index (χ1) is 11.1. The van der Waals surface area contributed by atoms with Gasteiger partial charge in [-0.3, -0.25) is 0 Å². The van der Waals surface area contributed by atoms with Crippen LogP contribution in [0.1, 0.15) is 30.7 Å². The van der Waals surface area contributed by atoms with Gasteiger partial charge in [0.25, 0.3) is 0 Å². The van der Waals surface area contributed by atoms with Crippen molar-refractivity contribution in [1.82, 2.24) is 24.9 Å². The summed E-state index contributed by atoms with van der Waals surface area (Å²) in [4.78, 5) is 22.2. The fraction of sp³-hybridized carbons (Fsp3) is 0.429. The summed E-state index contributed by atoms with van der Waals surface area (Å²) in [5.41, 5.74) is 8.04. The standard InChI is InChI=1S/C14H19N7OS/c1-4-22-8(2)13-18-9(6-23-13)5-21(3)12-10-11(17-7-16-10)19-14(15)20-12/h6-8H,4-5H2,1-3H3,(H3,15,16,17,19,20)/t8-/m1/s1. The van der Waals surface area contributed by atoms with Gasteiger partial charge in [-0.05, 0) is 13.8 Å². The topological polar surface area (TPSA) is 106 Å². The van der Waals surface area contributed by atoms with Crippen molar-refractivity contribution in [1.29, 1.82) is 0 Å². The number of ether oxygens (including phenoxy) is 1. The summed E-state index contributed by atoms with van der Waals surface area (Å²) in [7, 11) is 1.94. The molecular formula is C14H19N7OS. The summed E-state index contributed by atoms with van der Waals surface area (Å²) in [6, 6.07) is 0. The molecule has 0 radical (unpaired) electrons. The minimum atomic E-state index is 0.0121. The second-order valence-corrected chi connectivity index (χ2v) is 6.03. The fourth-order valence-electron chi connectivity index (χ4n) is 2.33. The van der Waals surface area contributed by atoms with Gasteiger partial charge in [-0.2, -0.15) is 9.97 Å². The Bertz CT molecular complexity index is 799. The molecule has 0 unspecified atom stereocenters. The monoisotopic (exact) mass is 333 g/mol. The van der Waals surface area contributed by atoms with Gasteiger partial charge in [0.15, 0.2) is 11.5 Å². The molecule has 8 nitrogen and oxygen atoms in total. The van der Waals surface area contributed by atoms with Crippen LogP contribution >= 0.6 is 11.3 Å². The lowest BCUT2D eigenvalue weighted by molar-refractivity contribution is 0.0761. The first kappa shape index (κ1) is 15.6. The van der Waals surface area contributed by atoms with Crippen LogP contribution in [-0.2, 0) is 11.3 Å². The molecule has 0 saturated heterocycles. The van der Waals surface area contributed by atoms with Crippen molar-refractivity contribution < 1.29 is 4.74 Å². The lowest BCUT2D eigenvalue weighted by Crippen LogP contribution is -2.19. The SMILES string of the molecule is CCO[C@H](C)c1nc(CN(C)c2nc(N)nc3nc[nH]c23)cs1. The second-order valence-electron chi connectivity index (χ2n) is 5.14. The number of hydrogen-bond donors (Lipinski definition) is 2. The molecule has 3 aromatic heterocycles. The zero-order chi connectivity index (χ0) is 16.4. The van der Waals surface area contributed by atoms with Crippen LogP contribution in [0.15, 0.2) is 11.7 Å². The molecule has 0 aromatic carbocycles. The number of rotatable bonds is 6. The summed E-state index contributed by atoms with van der Waals surface area (Å²) >= 11 is 1.60. The number of nitrogens with zero attached hydrogens (tertiary/aromatic N) is 5. The van der Waals surface area contributed by atoms with Crippen molar-refractivity contribution in [2.75, 3.05) is 24.3 Å². The summed E-state index contributed by atoms with van der Waals surface area (Å²) in [6.45, 7) is 5.27. The maximum absolute atomic E-state index is 5.76. The number of thiazole rings is 1. The highest BCUT2D eigenvalue weighted by atomic mass is 32.1. The molecule has 3 aromatic rings. The van der Waals surface area contributed by atoms with E-state index < -0.39 is 0 Å². The molecule has 0 aliphatic rings. The smallest absolute Gasteiger partial charge is 0.224 e. The maximum atomic E-state index is 5.76. The average molecular weight is 333 g/mol. The van der Waals surface area contributed by atoms with E-state index in [-0.39, 0.29) is 12.1 Å². The Balaban J connectivity index is 1.81. The highest BCUT2D eigenvalue weighted by Crippen LogP contribution is 2.25. The predicted octanol–water partition coefficient (Wildman–Crippen LogP) is 2.13. The Morgan fingerprint density at radius 3 is 3.00 bits per heavy atom. The average Bonchev–Trinajstić information content (AvgIpc) is 3.15. The Labute approximate surface area is 137 Å². The van der Waals surface area contributed by atoms with E-state index in [1.165, 1.54) is 0 Å². The van der Waals surface area contributed by atoms with E-state index in [0.29, 0.717) is 24.6 Å². The largest absolute Gasteiger partial charge is 0.372 e. The van der Waals surface area contributed by atoms with Crippen LogP contribution < -0.4 is 10.6 Å². The van der Waals surface area contributed by atoms with Crippen molar-refractivity contribution in [3.63, 3.8) is 0 Å². The number of nitrogens with one attached hydrogen (secondary N) is 1. The molecule has 0 aliphatic heterocycles. The van der Waals surface area contributed by atoms with E-state index in [4.69, 9.17) is 10.5 Å². The number of H-pyrrole nitrogens is 1. The molecule has 0 bridgehead atoms. The number of hydrogen-bond acceptors (Lipinski definition) is 8. The quantitative estimate of drug-likeness (QED) is 0.711. The van der Waals surface area contributed by atoms with E-state index in [9.17, 15) is 0 Å². The highest BCUT2D eigenvalue weighted by molar-refractivity contribution is 7.09. The highest BCUT2D eigenvalue weighted by Gasteiger charge is 2.15. The van der Waals surface area contributed by atoms with Crippen molar-refractivity contribution in [3.8, 4) is 0 Å². The third kappa shape index (κ3) is 3.25. The number of nitrogens with two attached hydrogens (primary N) is 1. The maximum Gasteiger partial charge on any atom is 0.224 e. The van der Waals surface area contributed by atoms with Gasteiger partial charge >= 0.3 is 0 Å². The molecule has 0 spiro atoms. The summed E-state index contributed by atoms with van der Waals surface area (Å²) in [6.07, 6.45) is 1.60. The molecule has 0 amide bonds. The van der Waals surface area contributed by atoms with Crippen molar-refractivity contribution in [2.45, 2.75) is 26.5 Å². The zero-order valence-electron chi connectivity index (χ0n) is 13.3. The molecule has 1 atom stereocenters. The van der Waals surface area contributed by atoms with Crippen LogP contribution in [0.25, 0.3) is 11.2 Å². The van der Waals surface area contributed by atoms with Crippen LogP contribution in [0.3, 0.4) is 0 Å². The molecule has 0 fully saturated rings. The van der Waals surface area contributed by atoms with Crippen molar-refractivity contribution in [2.24, 2.45) is 0 Å². The fourth-order valence-corrected chi connectivity index (χ4v) is 3.15. The van der Waals surface area contributed by atoms with E-state index in [1.54, 1.807) is 17.7 Å². The van der Waals surface area contributed by atoms with Gasteiger partial charge in [-0.25, -0.2) is 9.97 Å². The van der Waals surface area contributed by atoms with Gasteiger partial charge in [0.2, 0.25) is 5.95 Å². The number of imidazole rings is 1. The van der Waals surface area contributed by atoms with Crippen LogP contribution in [0.4, 0.5) is 11.8 Å². The van der Waals surface area contributed by atoms with Crippen molar-refractivity contribution in [3.05, 3.63) is 22.4 Å². The minimum Gasteiger partial charge on any atom is -0.372 e. The first-order valence-corrected chi connectivity index (χ1v) is 8.20. The van der Waals surface area contributed by atoms with Gasteiger partial charge in [-0.1, -0.05) is 0 Å². The van der Waals surface area contributed by atoms with E-state index >= 15 is 0 Å². The number of anilines is 2. The molecular weight excluding hydrogens is 314 g/mol. The van der Waals surface area contributed by atoms with E-state index in [2.05, 4.69) is 24.9 Å². The van der Waals surface area contributed by atoms with Gasteiger partial charge in [-0.15, -0.1) is 11.3 Å². The molecule has 3 N–H and O–H groups in total. The van der Waals surface area contributed by atoms with Gasteiger partial charge < -0.3 is 20.4 Å². The van der Waals surface area contributed by atoms with Crippen LogP contribution in [0, 0.1) is 0 Å². The van der Waals surface area contributed by atoms with Gasteiger partial charge in [0.05, 0.1) is 18.6 Å². The zero-order valence-corrected chi connectivity index (χ0v) is 14.1. The Kier molecular flexibility index (Phi) is 4.39. The minimum absolute atomic E-state index is 0.0121. The Morgan fingerprint density at radius 2 is 2.22 bits per heavy atom. The van der Waals surface area contributed by atoms with E-state index in [1.807, 2.05) is 31.2 Å². The summed E-state index contributed by atoms with van der Waals surface area (Å²) in [5.74, 6) is 0.910. The Morgan fingerprint density at radius 1 is 1.39 bits per heavy atom. The molecule has 3 rings (SSSR count). The second kappa shape index (κ2) is 6.47. The molecule has 0 aliphatic carbocycles. The number of nitrogen functional groups attached to an aromatic ring is 1. The van der Waals surface area contributed by atoms with Gasteiger partial charge in [0.1, 0.15) is 16.6 Å². The van der Waals surface area contributed by atoms with Crippen LogP contribution in [-0.4, -0.2) is 38.6 Å². The lowest BCUT2D eigenvalue weighted by atomic mass is 10.4. The van der Waals surface area contributed by atoms with Crippen molar-refractivity contribution >= 4 is 34.3 Å². The van der Waals surface area contributed by atoms with Crippen LogP contribution in [0.2, 0.25) is 0 Å². The third-order valence-electron chi connectivity index (χ3n) is 3.38. The van der Waals surface area contributed by atoms with Crippen LogP contribution in [0.5, 0.6) is 0 Å².